The third-order valence-corrected chi connectivity index (χ3v) is 5.27. The molecule has 5 nitrogen and oxygen atoms in total. The third kappa shape index (κ3) is 4.99. The lowest BCUT2D eigenvalue weighted by atomic mass is 10.1. The average Bonchev–Trinajstić information content (AvgIpc) is 2.67. The van der Waals surface area contributed by atoms with Crippen molar-refractivity contribution in [3.05, 3.63) is 57.6 Å². The molecule has 1 aliphatic heterocycles. The van der Waals surface area contributed by atoms with Gasteiger partial charge in [0.05, 0.1) is 22.0 Å². The second-order valence-corrected chi connectivity index (χ2v) is 7.72. The largest absolute Gasteiger partial charge is 0.471 e. The fraction of sp³-hybridized carbons (Fsp3) is 0.300. The first-order chi connectivity index (χ1) is 14.1. The van der Waals surface area contributed by atoms with Crippen molar-refractivity contribution in [2.45, 2.75) is 13.1 Å². The van der Waals surface area contributed by atoms with Gasteiger partial charge in [-0.3, -0.25) is 9.59 Å². The first-order valence-corrected chi connectivity index (χ1v) is 9.80. The zero-order valence-electron chi connectivity index (χ0n) is 15.9. The first-order valence-electron chi connectivity index (χ1n) is 9.04. The zero-order chi connectivity index (χ0) is 22.1. The summed E-state index contributed by atoms with van der Waals surface area (Å²) in [4.78, 5) is 26.7. The molecule has 0 aromatic heterocycles. The van der Waals surface area contributed by atoms with Crippen LogP contribution in [0.2, 0.25) is 10.0 Å². The second kappa shape index (κ2) is 8.73. The minimum Gasteiger partial charge on any atom is -0.366 e. The Balaban J connectivity index is 1.78. The maximum Gasteiger partial charge on any atom is 0.471 e. The number of alkyl halides is 3. The van der Waals surface area contributed by atoms with Crippen molar-refractivity contribution in [1.29, 1.82) is 0 Å². The van der Waals surface area contributed by atoms with E-state index in [0.29, 0.717) is 21.4 Å². The van der Waals surface area contributed by atoms with E-state index in [1.165, 1.54) is 0 Å². The Morgan fingerprint density at radius 2 is 1.67 bits per heavy atom. The van der Waals surface area contributed by atoms with Crippen LogP contribution in [0.3, 0.4) is 0 Å². The summed E-state index contributed by atoms with van der Waals surface area (Å²) in [6.07, 6.45) is -4.89. The molecule has 160 valence electrons. The maximum atomic E-state index is 12.7. The van der Waals surface area contributed by atoms with Gasteiger partial charge in [0, 0.05) is 31.2 Å². The van der Waals surface area contributed by atoms with E-state index in [0.717, 1.165) is 10.5 Å². The Hall–Kier alpha value is -2.45. The number of benzene rings is 2. The molecular formula is C20H18Cl2F3N3O2. The van der Waals surface area contributed by atoms with Crippen LogP contribution in [0.1, 0.15) is 15.9 Å². The summed E-state index contributed by atoms with van der Waals surface area (Å²) in [5, 5.41) is 3.46. The summed E-state index contributed by atoms with van der Waals surface area (Å²) >= 11 is 12.2. The van der Waals surface area contributed by atoms with Gasteiger partial charge in [-0.1, -0.05) is 29.3 Å². The van der Waals surface area contributed by atoms with Crippen LogP contribution in [0.4, 0.5) is 24.5 Å². The number of hydrogen-bond acceptors (Lipinski definition) is 3. The normalized spacial score (nSPS) is 14.6. The van der Waals surface area contributed by atoms with Crippen molar-refractivity contribution >= 4 is 46.4 Å². The van der Waals surface area contributed by atoms with Crippen LogP contribution in [-0.2, 0) is 4.79 Å². The molecule has 2 aromatic rings. The van der Waals surface area contributed by atoms with E-state index in [2.05, 4.69) is 5.32 Å². The van der Waals surface area contributed by atoms with Crippen LogP contribution >= 0.6 is 23.2 Å². The van der Waals surface area contributed by atoms with Gasteiger partial charge >= 0.3 is 12.1 Å². The van der Waals surface area contributed by atoms with Gasteiger partial charge in [0.25, 0.3) is 5.91 Å². The summed E-state index contributed by atoms with van der Waals surface area (Å²) in [5.74, 6) is -2.28. The third-order valence-electron chi connectivity index (χ3n) is 4.73. The summed E-state index contributed by atoms with van der Waals surface area (Å²) in [6, 6.07) is 9.90. The van der Waals surface area contributed by atoms with Crippen LogP contribution < -0.4 is 10.2 Å². The Morgan fingerprint density at radius 3 is 2.27 bits per heavy atom. The van der Waals surface area contributed by atoms with E-state index in [1.54, 1.807) is 41.3 Å². The van der Waals surface area contributed by atoms with Gasteiger partial charge < -0.3 is 15.1 Å². The van der Waals surface area contributed by atoms with E-state index in [-0.39, 0.29) is 31.7 Å². The predicted molar refractivity (Wildman–Crippen MR) is 110 cm³/mol. The molecule has 1 aliphatic rings. The topological polar surface area (TPSA) is 52.7 Å². The highest BCUT2D eigenvalue weighted by molar-refractivity contribution is 6.34. The number of hydrogen-bond donors (Lipinski definition) is 1. The number of amides is 2. The summed E-state index contributed by atoms with van der Waals surface area (Å²) in [6.45, 7) is 2.04. The van der Waals surface area contributed by atoms with Gasteiger partial charge in [0.15, 0.2) is 0 Å². The van der Waals surface area contributed by atoms with Gasteiger partial charge in [-0.15, -0.1) is 0 Å². The predicted octanol–water partition coefficient (Wildman–Crippen LogP) is 4.77. The van der Waals surface area contributed by atoms with Crippen LogP contribution in [0.15, 0.2) is 36.4 Å². The molecule has 0 spiro atoms. The van der Waals surface area contributed by atoms with E-state index in [4.69, 9.17) is 23.2 Å². The standard InChI is InChI=1S/C20H18Cl2F3N3O2/c1-12-2-4-14(15(22)10-12)18(29)26-16-11-13(21)3-5-17(16)27-6-8-28(9-7-27)19(30)20(23,24)25/h2-5,10-11H,6-9H2,1H3,(H,26,29). The molecule has 1 fully saturated rings. The van der Waals surface area contributed by atoms with Crippen LogP contribution in [0.5, 0.6) is 0 Å². The molecule has 3 rings (SSSR count). The molecule has 1 N–H and O–H groups in total. The van der Waals surface area contributed by atoms with Crippen molar-refractivity contribution in [2.24, 2.45) is 0 Å². The van der Waals surface area contributed by atoms with Gasteiger partial charge in [0.1, 0.15) is 0 Å². The van der Waals surface area contributed by atoms with E-state index in [1.807, 2.05) is 6.92 Å². The van der Waals surface area contributed by atoms with Crippen molar-refractivity contribution < 1.29 is 22.8 Å². The highest BCUT2D eigenvalue weighted by Gasteiger charge is 2.43. The number of carbonyl (C=O) groups is 2. The molecule has 1 saturated heterocycles. The molecule has 2 amide bonds. The van der Waals surface area contributed by atoms with Gasteiger partial charge in [0.2, 0.25) is 0 Å². The molecule has 30 heavy (non-hydrogen) atoms. The summed E-state index contributed by atoms with van der Waals surface area (Å²) < 4.78 is 37.9. The molecular weight excluding hydrogens is 442 g/mol. The van der Waals surface area contributed by atoms with Gasteiger partial charge in [-0.05, 0) is 42.8 Å². The summed E-state index contributed by atoms with van der Waals surface area (Å²) in [7, 11) is 0. The number of nitrogens with zero attached hydrogens (tertiary/aromatic N) is 2. The number of anilines is 2. The molecule has 0 unspecified atom stereocenters. The molecule has 0 atom stereocenters. The lowest BCUT2D eigenvalue weighted by Gasteiger charge is -2.37. The fourth-order valence-corrected chi connectivity index (χ4v) is 3.70. The number of piperazine rings is 1. The zero-order valence-corrected chi connectivity index (χ0v) is 17.4. The fourth-order valence-electron chi connectivity index (χ4n) is 3.21. The number of halogens is 5. The van der Waals surface area contributed by atoms with Crippen LogP contribution in [-0.4, -0.2) is 49.1 Å². The van der Waals surface area contributed by atoms with Crippen LogP contribution in [0, 0.1) is 6.92 Å². The Kier molecular flexibility index (Phi) is 6.47. The molecule has 10 heteroatoms. The highest BCUT2D eigenvalue weighted by Crippen LogP contribution is 2.31. The van der Waals surface area contributed by atoms with Gasteiger partial charge in [-0.2, -0.15) is 13.2 Å². The quantitative estimate of drug-likeness (QED) is 0.719. The van der Waals surface area contributed by atoms with E-state index < -0.39 is 18.0 Å². The van der Waals surface area contributed by atoms with Crippen LogP contribution in [0.25, 0.3) is 0 Å². The minimum absolute atomic E-state index is 0.0852. The molecule has 1 heterocycles. The maximum absolute atomic E-state index is 12.7. The second-order valence-electron chi connectivity index (χ2n) is 6.88. The lowest BCUT2D eigenvalue weighted by Crippen LogP contribution is -2.52. The van der Waals surface area contributed by atoms with E-state index >= 15 is 0 Å². The van der Waals surface area contributed by atoms with E-state index in [9.17, 15) is 22.8 Å². The average molecular weight is 460 g/mol. The first kappa shape index (κ1) is 22.2. The van der Waals surface area contributed by atoms with Crippen molar-refractivity contribution in [1.82, 2.24) is 4.90 Å². The van der Waals surface area contributed by atoms with Crippen molar-refractivity contribution in [3.8, 4) is 0 Å². The summed E-state index contributed by atoms with van der Waals surface area (Å²) in [5.41, 5.74) is 2.19. The molecule has 0 saturated carbocycles. The monoisotopic (exact) mass is 459 g/mol. The molecule has 0 radical (unpaired) electrons. The molecule has 0 bridgehead atoms. The molecule has 0 aliphatic carbocycles. The SMILES string of the molecule is Cc1ccc(C(=O)Nc2cc(Cl)ccc2N2CCN(C(=O)C(F)(F)F)CC2)c(Cl)c1. The number of nitrogens with one attached hydrogen (secondary N) is 1. The smallest absolute Gasteiger partial charge is 0.366 e. The number of carbonyl (C=O) groups excluding carboxylic acids is 2. The van der Waals surface area contributed by atoms with Gasteiger partial charge in [-0.25, -0.2) is 0 Å². The molecule has 2 aromatic carbocycles. The Labute approximate surface area is 181 Å². The van der Waals surface area contributed by atoms with Crippen molar-refractivity contribution in [2.75, 3.05) is 36.4 Å². The Bertz CT molecular complexity index is 974. The highest BCUT2D eigenvalue weighted by atomic mass is 35.5. The Morgan fingerprint density at radius 1 is 1.00 bits per heavy atom. The van der Waals surface area contributed by atoms with Crippen molar-refractivity contribution in [3.63, 3.8) is 0 Å². The lowest BCUT2D eigenvalue weighted by molar-refractivity contribution is -0.185. The minimum atomic E-state index is -4.89. The number of rotatable bonds is 3. The number of aryl methyl sites for hydroxylation is 1.